The fraction of sp³-hybridized carbons (Fsp3) is 0.850. The lowest BCUT2D eigenvalue weighted by atomic mass is 9.75. The summed E-state index contributed by atoms with van der Waals surface area (Å²) in [5.74, 6) is 2.46. The number of ether oxygens (including phenoxy) is 2. The highest BCUT2D eigenvalue weighted by atomic mass is 16.5. The van der Waals surface area contributed by atoms with Gasteiger partial charge in [0.1, 0.15) is 0 Å². The van der Waals surface area contributed by atoms with Gasteiger partial charge in [0.15, 0.2) is 5.82 Å². The molecule has 1 aromatic rings. The summed E-state index contributed by atoms with van der Waals surface area (Å²) in [5.41, 5.74) is -0.169. The molecule has 0 aromatic carbocycles. The highest BCUT2D eigenvalue weighted by Crippen LogP contribution is 2.38. The molecule has 0 aliphatic carbocycles. The van der Waals surface area contributed by atoms with Crippen molar-refractivity contribution in [3.05, 3.63) is 11.7 Å². The molecule has 2 aliphatic rings. The predicted molar refractivity (Wildman–Crippen MR) is 101 cm³/mol. The van der Waals surface area contributed by atoms with Crippen LogP contribution >= 0.6 is 0 Å². The fourth-order valence-corrected chi connectivity index (χ4v) is 4.11. The van der Waals surface area contributed by atoms with Gasteiger partial charge in [-0.25, -0.2) is 0 Å². The third kappa shape index (κ3) is 4.88. The Morgan fingerprint density at radius 2 is 2.00 bits per heavy atom. The van der Waals surface area contributed by atoms with Crippen molar-refractivity contribution in [2.75, 3.05) is 40.0 Å². The lowest BCUT2D eigenvalue weighted by molar-refractivity contribution is -0.133. The molecule has 152 valence electrons. The molecule has 0 bridgehead atoms. The number of piperidine rings is 1. The number of aromatic nitrogens is 2. The van der Waals surface area contributed by atoms with Crippen molar-refractivity contribution < 1.29 is 18.8 Å². The molecular formula is C20H33N3O4. The van der Waals surface area contributed by atoms with E-state index in [1.165, 1.54) is 0 Å². The van der Waals surface area contributed by atoms with Crippen molar-refractivity contribution in [1.82, 2.24) is 15.0 Å². The number of rotatable bonds is 7. The first kappa shape index (κ1) is 20.3. The SMILES string of the molecule is COCCC1(c2noc(C3CCOCC3)n2)CCN(C(=O)CC(C)C)CC1. The van der Waals surface area contributed by atoms with Crippen molar-refractivity contribution in [2.45, 2.75) is 63.7 Å². The van der Waals surface area contributed by atoms with Gasteiger partial charge >= 0.3 is 0 Å². The molecule has 2 aliphatic heterocycles. The van der Waals surface area contributed by atoms with Crippen molar-refractivity contribution in [3.63, 3.8) is 0 Å². The second kappa shape index (κ2) is 9.15. The van der Waals surface area contributed by atoms with Gasteiger partial charge in [-0.3, -0.25) is 4.79 Å². The summed E-state index contributed by atoms with van der Waals surface area (Å²) in [6.45, 7) is 7.83. The van der Waals surface area contributed by atoms with Crippen molar-refractivity contribution >= 4 is 5.91 Å². The Labute approximate surface area is 161 Å². The molecule has 0 spiro atoms. The maximum absolute atomic E-state index is 12.4. The topological polar surface area (TPSA) is 77.7 Å². The Kier molecular flexibility index (Phi) is 6.87. The van der Waals surface area contributed by atoms with Crippen LogP contribution in [0.15, 0.2) is 4.52 Å². The van der Waals surface area contributed by atoms with Crippen LogP contribution in [0, 0.1) is 5.92 Å². The quantitative estimate of drug-likeness (QED) is 0.725. The Hall–Kier alpha value is -1.47. The molecule has 0 N–H and O–H groups in total. The van der Waals surface area contributed by atoms with E-state index in [-0.39, 0.29) is 11.3 Å². The zero-order valence-electron chi connectivity index (χ0n) is 16.9. The number of methoxy groups -OCH3 is 1. The van der Waals surface area contributed by atoms with E-state index in [1.807, 2.05) is 4.90 Å². The molecule has 0 unspecified atom stereocenters. The van der Waals surface area contributed by atoms with Gasteiger partial charge in [0.2, 0.25) is 11.8 Å². The molecule has 3 heterocycles. The van der Waals surface area contributed by atoms with Gasteiger partial charge in [0, 0.05) is 57.8 Å². The van der Waals surface area contributed by atoms with Crippen LogP contribution in [0.2, 0.25) is 0 Å². The van der Waals surface area contributed by atoms with E-state index < -0.39 is 0 Å². The van der Waals surface area contributed by atoms with Gasteiger partial charge in [0.25, 0.3) is 0 Å². The molecule has 27 heavy (non-hydrogen) atoms. The monoisotopic (exact) mass is 379 g/mol. The zero-order valence-corrected chi connectivity index (χ0v) is 16.9. The van der Waals surface area contributed by atoms with Crippen LogP contribution in [-0.2, 0) is 19.7 Å². The van der Waals surface area contributed by atoms with Crippen LogP contribution < -0.4 is 0 Å². The van der Waals surface area contributed by atoms with E-state index in [4.69, 9.17) is 19.0 Å². The Morgan fingerprint density at radius 1 is 1.30 bits per heavy atom. The summed E-state index contributed by atoms with van der Waals surface area (Å²) in [6.07, 6.45) is 5.04. The number of amides is 1. The summed E-state index contributed by atoms with van der Waals surface area (Å²) in [7, 11) is 1.72. The first-order chi connectivity index (χ1) is 13.0. The lowest BCUT2D eigenvalue weighted by Crippen LogP contribution is -2.46. The largest absolute Gasteiger partial charge is 0.385 e. The number of nitrogens with zero attached hydrogens (tertiary/aromatic N) is 3. The van der Waals surface area contributed by atoms with E-state index in [1.54, 1.807) is 7.11 Å². The number of carbonyl (C=O) groups excluding carboxylic acids is 1. The van der Waals surface area contributed by atoms with Crippen LogP contribution in [0.3, 0.4) is 0 Å². The van der Waals surface area contributed by atoms with Crippen molar-refractivity contribution in [1.29, 1.82) is 0 Å². The maximum Gasteiger partial charge on any atom is 0.229 e. The summed E-state index contributed by atoms with van der Waals surface area (Å²) in [6, 6.07) is 0. The molecule has 2 saturated heterocycles. The van der Waals surface area contributed by atoms with E-state index in [9.17, 15) is 4.79 Å². The van der Waals surface area contributed by atoms with Gasteiger partial charge in [-0.1, -0.05) is 19.0 Å². The Bertz CT molecular complexity index is 602. The Balaban J connectivity index is 1.70. The average molecular weight is 380 g/mol. The molecule has 7 heteroatoms. The standard InChI is InChI=1S/C20H33N3O4/c1-15(2)14-17(24)23-9-6-20(7-10-23,8-13-25-3)19-21-18(27-22-19)16-4-11-26-12-5-16/h15-16H,4-14H2,1-3H3. The number of likely N-dealkylation sites (tertiary alicyclic amines) is 1. The van der Waals surface area contributed by atoms with Crippen molar-refractivity contribution in [3.8, 4) is 0 Å². The third-order valence-corrected chi connectivity index (χ3v) is 5.93. The van der Waals surface area contributed by atoms with Gasteiger partial charge < -0.3 is 18.9 Å². The van der Waals surface area contributed by atoms with E-state index in [0.717, 1.165) is 70.1 Å². The number of carbonyl (C=O) groups is 1. The maximum atomic E-state index is 12.4. The van der Waals surface area contributed by atoms with E-state index in [2.05, 4.69) is 19.0 Å². The minimum absolute atomic E-state index is 0.169. The van der Waals surface area contributed by atoms with Crippen LogP contribution in [0.25, 0.3) is 0 Å². The molecule has 1 amide bonds. The van der Waals surface area contributed by atoms with E-state index >= 15 is 0 Å². The summed E-state index contributed by atoms with van der Waals surface area (Å²) < 4.78 is 16.4. The van der Waals surface area contributed by atoms with Crippen LogP contribution in [0.1, 0.15) is 70.0 Å². The summed E-state index contributed by atoms with van der Waals surface area (Å²) >= 11 is 0. The summed E-state index contributed by atoms with van der Waals surface area (Å²) in [5, 5.41) is 4.37. The Morgan fingerprint density at radius 3 is 2.63 bits per heavy atom. The van der Waals surface area contributed by atoms with Gasteiger partial charge in [-0.05, 0) is 38.0 Å². The molecule has 7 nitrogen and oxygen atoms in total. The first-order valence-corrected chi connectivity index (χ1v) is 10.2. The molecule has 2 fully saturated rings. The van der Waals surface area contributed by atoms with Crippen LogP contribution in [0.5, 0.6) is 0 Å². The average Bonchev–Trinajstić information content (AvgIpc) is 3.18. The molecule has 0 saturated carbocycles. The molecule has 1 aromatic heterocycles. The van der Waals surface area contributed by atoms with E-state index in [0.29, 0.717) is 24.9 Å². The molecule has 0 radical (unpaired) electrons. The second-order valence-corrected chi connectivity index (χ2v) is 8.34. The molecule has 0 atom stereocenters. The fourth-order valence-electron chi connectivity index (χ4n) is 4.11. The highest BCUT2D eigenvalue weighted by Gasteiger charge is 2.41. The smallest absolute Gasteiger partial charge is 0.229 e. The minimum Gasteiger partial charge on any atom is -0.385 e. The normalized spacial score (nSPS) is 21.0. The van der Waals surface area contributed by atoms with Gasteiger partial charge in [-0.15, -0.1) is 0 Å². The van der Waals surface area contributed by atoms with Crippen LogP contribution in [0.4, 0.5) is 0 Å². The lowest BCUT2D eigenvalue weighted by Gasteiger charge is -2.40. The highest BCUT2D eigenvalue weighted by molar-refractivity contribution is 5.76. The van der Waals surface area contributed by atoms with Crippen molar-refractivity contribution in [2.24, 2.45) is 5.92 Å². The first-order valence-electron chi connectivity index (χ1n) is 10.2. The minimum atomic E-state index is -0.169. The molecular weight excluding hydrogens is 346 g/mol. The number of hydrogen-bond donors (Lipinski definition) is 0. The van der Waals surface area contributed by atoms with Crippen LogP contribution in [-0.4, -0.2) is 61.0 Å². The second-order valence-electron chi connectivity index (χ2n) is 8.34. The van der Waals surface area contributed by atoms with Gasteiger partial charge in [0.05, 0.1) is 0 Å². The summed E-state index contributed by atoms with van der Waals surface area (Å²) in [4.78, 5) is 19.2. The van der Waals surface area contributed by atoms with Gasteiger partial charge in [-0.2, -0.15) is 4.98 Å². The third-order valence-electron chi connectivity index (χ3n) is 5.93. The zero-order chi connectivity index (χ0) is 19.3. The number of hydrogen-bond acceptors (Lipinski definition) is 6. The molecule has 3 rings (SSSR count). The predicted octanol–water partition coefficient (Wildman–Crippen LogP) is 2.91.